The number of nitrogens with one attached hydrogen (secondary N) is 2. The van der Waals surface area contributed by atoms with Crippen LogP contribution in [0.2, 0.25) is 0 Å². The fourth-order valence-electron chi connectivity index (χ4n) is 2.42. The largest absolute Gasteiger partial charge is 0.461 e. The number of aromatic nitrogens is 3. The van der Waals surface area contributed by atoms with Gasteiger partial charge < -0.3 is 15.1 Å². The van der Waals surface area contributed by atoms with Crippen LogP contribution in [0.1, 0.15) is 18.5 Å². The number of furan rings is 1. The van der Waals surface area contributed by atoms with Crippen molar-refractivity contribution in [3.8, 4) is 0 Å². The summed E-state index contributed by atoms with van der Waals surface area (Å²) in [7, 11) is 1.86. The third-order valence-electron chi connectivity index (χ3n) is 3.67. The van der Waals surface area contributed by atoms with Crippen LogP contribution in [0.15, 0.2) is 46.1 Å². The van der Waals surface area contributed by atoms with E-state index in [0.29, 0.717) is 6.54 Å². The van der Waals surface area contributed by atoms with E-state index in [1.807, 2.05) is 32.2 Å². The SMILES string of the molecule is CCNC(=NCc1ncnn1C)NCCc1cc2ccccc2o1. The van der Waals surface area contributed by atoms with E-state index in [0.717, 1.165) is 48.0 Å². The minimum Gasteiger partial charge on any atom is -0.461 e. The van der Waals surface area contributed by atoms with Gasteiger partial charge in [0.25, 0.3) is 0 Å². The van der Waals surface area contributed by atoms with Gasteiger partial charge in [-0.05, 0) is 19.1 Å². The quantitative estimate of drug-likeness (QED) is 0.534. The van der Waals surface area contributed by atoms with Crippen LogP contribution in [0.5, 0.6) is 0 Å². The van der Waals surface area contributed by atoms with E-state index in [1.54, 1.807) is 4.68 Å². The maximum Gasteiger partial charge on any atom is 0.191 e. The Morgan fingerprint density at radius 2 is 2.17 bits per heavy atom. The number of benzene rings is 1. The molecule has 0 saturated carbocycles. The Labute approximate surface area is 140 Å². The number of para-hydroxylation sites is 1. The molecule has 3 aromatic rings. The average Bonchev–Trinajstić information content (AvgIpc) is 3.18. The van der Waals surface area contributed by atoms with Gasteiger partial charge in [-0.3, -0.25) is 4.68 Å². The van der Waals surface area contributed by atoms with Crippen LogP contribution in [0.4, 0.5) is 0 Å². The van der Waals surface area contributed by atoms with Crippen molar-refractivity contribution in [3.05, 3.63) is 48.2 Å². The van der Waals surface area contributed by atoms with Gasteiger partial charge in [0.15, 0.2) is 5.96 Å². The molecule has 0 aliphatic heterocycles. The smallest absolute Gasteiger partial charge is 0.191 e. The minimum absolute atomic E-state index is 0.483. The summed E-state index contributed by atoms with van der Waals surface area (Å²) in [5.74, 6) is 2.55. The molecule has 7 heteroatoms. The zero-order chi connectivity index (χ0) is 16.8. The zero-order valence-corrected chi connectivity index (χ0v) is 14.0. The Kier molecular flexibility index (Phi) is 5.10. The van der Waals surface area contributed by atoms with Gasteiger partial charge in [0.2, 0.25) is 0 Å². The van der Waals surface area contributed by atoms with Gasteiger partial charge >= 0.3 is 0 Å². The number of nitrogens with zero attached hydrogens (tertiary/aromatic N) is 4. The number of hydrogen-bond acceptors (Lipinski definition) is 4. The van der Waals surface area contributed by atoms with E-state index in [1.165, 1.54) is 6.33 Å². The monoisotopic (exact) mass is 326 g/mol. The molecule has 0 atom stereocenters. The highest BCUT2D eigenvalue weighted by Crippen LogP contribution is 2.18. The Morgan fingerprint density at radius 1 is 1.29 bits per heavy atom. The van der Waals surface area contributed by atoms with Gasteiger partial charge in [0.05, 0.1) is 0 Å². The first-order valence-electron chi connectivity index (χ1n) is 8.08. The lowest BCUT2D eigenvalue weighted by Gasteiger charge is -2.10. The van der Waals surface area contributed by atoms with E-state index in [-0.39, 0.29) is 0 Å². The standard InChI is InChI=1S/C17H22N6O/c1-3-18-17(20-11-16-21-12-22-23(16)2)19-9-8-14-10-13-6-4-5-7-15(13)24-14/h4-7,10,12H,3,8-9,11H2,1-2H3,(H2,18,19,20). The van der Waals surface area contributed by atoms with Gasteiger partial charge in [-0.25, -0.2) is 9.98 Å². The van der Waals surface area contributed by atoms with E-state index in [2.05, 4.69) is 37.8 Å². The lowest BCUT2D eigenvalue weighted by Crippen LogP contribution is -2.38. The van der Waals surface area contributed by atoms with E-state index in [4.69, 9.17) is 4.42 Å². The van der Waals surface area contributed by atoms with Crippen molar-refractivity contribution in [2.75, 3.05) is 13.1 Å². The van der Waals surface area contributed by atoms with E-state index in [9.17, 15) is 0 Å². The van der Waals surface area contributed by atoms with E-state index >= 15 is 0 Å². The molecule has 0 spiro atoms. The van der Waals surface area contributed by atoms with Crippen molar-refractivity contribution in [1.29, 1.82) is 0 Å². The number of guanidine groups is 1. The van der Waals surface area contributed by atoms with Crippen LogP contribution < -0.4 is 10.6 Å². The predicted molar refractivity (Wildman–Crippen MR) is 93.7 cm³/mol. The van der Waals surface area contributed by atoms with Crippen LogP contribution in [-0.4, -0.2) is 33.8 Å². The molecule has 1 aromatic carbocycles. The molecule has 24 heavy (non-hydrogen) atoms. The molecule has 2 heterocycles. The highest BCUT2D eigenvalue weighted by molar-refractivity contribution is 5.80. The summed E-state index contributed by atoms with van der Waals surface area (Å²) in [6.07, 6.45) is 2.33. The van der Waals surface area contributed by atoms with Crippen LogP contribution in [-0.2, 0) is 20.0 Å². The Balaban J connectivity index is 1.56. The maximum absolute atomic E-state index is 5.82. The summed E-state index contributed by atoms with van der Waals surface area (Å²) in [6.45, 7) is 4.06. The average molecular weight is 326 g/mol. The number of aryl methyl sites for hydroxylation is 1. The summed E-state index contributed by atoms with van der Waals surface area (Å²) in [4.78, 5) is 8.71. The third-order valence-corrected chi connectivity index (χ3v) is 3.67. The number of hydrogen-bond donors (Lipinski definition) is 2. The summed E-state index contributed by atoms with van der Waals surface area (Å²) < 4.78 is 7.55. The van der Waals surface area contributed by atoms with Crippen LogP contribution in [0.25, 0.3) is 11.0 Å². The molecular formula is C17H22N6O. The molecule has 7 nitrogen and oxygen atoms in total. The van der Waals surface area contributed by atoms with Crippen LogP contribution in [0, 0.1) is 0 Å². The Morgan fingerprint density at radius 3 is 2.92 bits per heavy atom. The summed E-state index contributed by atoms with van der Waals surface area (Å²) in [5.41, 5.74) is 0.926. The van der Waals surface area contributed by atoms with Gasteiger partial charge in [-0.2, -0.15) is 5.10 Å². The zero-order valence-electron chi connectivity index (χ0n) is 14.0. The second kappa shape index (κ2) is 7.63. The fraction of sp³-hybridized carbons (Fsp3) is 0.353. The second-order valence-corrected chi connectivity index (χ2v) is 5.42. The van der Waals surface area contributed by atoms with Gasteiger partial charge in [0, 0.05) is 31.9 Å². The molecular weight excluding hydrogens is 304 g/mol. The molecule has 0 unspecified atom stereocenters. The molecule has 2 N–H and O–H groups in total. The lowest BCUT2D eigenvalue weighted by molar-refractivity contribution is 0.544. The van der Waals surface area contributed by atoms with Gasteiger partial charge in [-0.1, -0.05) is 18.2 Å². The van der Waals surface area contributed by atoms with Crippen molar-refractivity contribution in [2.24, 2.45) is 12.0 Å². The highest BCUT2D eigenvalue weighted by atomic mass is 16.3. The van der Waals surface area contributed by atoms with Crippen LogP contribution in [0.3, 0.4) is 0 Å². The second-order valence-electron chi connectivity index (χ2n) is 5.42. The molecule has 0 aliphatic rings. The van der Waals surface area contributed by atoms with Crippen molar-refractivity contribution in [1.82, 2.24) is 25.4 Å². The highest BCUT2D eigenvalue weighted by Gasteiger charge is 2.04. The molecule has 0 radical (unpaired) electrons. The van der Waals surface area contributed by atoms with Gasteiger partial charge in [0.1, 0.15) is 30.0 Å². The summed E-state index contributed by atoms with van der Waals surface area (Å²) in [5, 5.41) is 11.7. The predicted octanol–water partition coefficient (Wildman–Crippen LogP) is 1.86. The molecule has 3 rings (SSSR count). The fourth-order valence-corrected chi connectivity index (χ4v) is 2.42. The molecule has 0 amide bonds. The molecule has 0 bridgehead atoms. The van der Waals surface area contributed by atoms with Crippen molar-refractivity contribution < 1.29 is 4.42 Å². The summed E-state index contributed by atoms with van der Waals surface area (Å²) >= 11 is 0. The number of rotatable bonds is 6. The first-order valence-corrected chi connectivity index (χ1v) is 8.08. The van der Waals surface area contributed by atoms with Crippen molar-refractivity contribution in [2.45, 2.75) is 19.9 Å². The Hall–Kier alpha value is -2.83. The Bertz CT molecular complexity index is 786. The number of fused-ring (bicyclic) bond motifs is 1. The third kappa shape index (κ3) is 3.92. The van der Waals surface area contributed by atoms with Gasteiger partial charge in [-0.15, -0.1) is 0 Å². The first-order chi connectivity index (χ1) is 11.8. The minimum atomic E-state index is 0.483. The molecule has 2 aromatic heterocycles. The molecule has 126 valence electrons. The first kappa shape index (κ1) is 16.0. The van der Waals surface area contributed by atoms with Crippen molar-refractivity contribution in [3.63, 3.8) is 0 Å². The molecule has 0 saturated heterocycles. The summed E-state index contributed by atoms with van der Waals surface area (Å²) in [6, 6.07) is 10.1. The normalized spacial score (nSPS) is 11.8. The maximum atomic E-state index is 5.82. The van der Waals surface area contributed by atoms with E-state index < -0.39 is 0 Å². The molecule has 0 fully saturated rings. The molecule has 0 aliphatic carbocycles. The van der Waals surface area contributed by atoms with Crippen molar-refractivity contribution >= 4 is 16.9 Å². The topological polar surface area (TPSA) is 80.3 Å². The number of aliphatic imine (C=N–C) groups is 1. The van der Waals surface area contributed by atoms with Crippen LogP contribution >= 0.6 is 0 Å². The lowest BCUT2D eigenvalue weighted by atomic mass is 10.2.